The molecule has 196 valence electrons. The molecular weight excluding hydrogens is 462 g/mol. The fraction of sp³-hybridized carbons (Fsp3) is 0.517. The highest BCUT2D eigenvalue weighted by atomic mass is 16.3. The van der Waals surface area contributed by atoms with Crippen LogP contribution in [0.15, 0.2) is 36.7 Å². The number of aryl methyl sites for hydroxylation is 1. The van der Waals surface area contributed by atoms with Gasteiger partial charge in [0.15, 0.2) is 0 Å². The summed E-state index contributed by atoms with van der Waals surface area (Å²) in [6, 6.07) is 9.09. The van der Waals surface area contributed by atoms with E-state index in [0.29, 0.717) is 12.0 Å². The van der Waals surface area contributed by atoms with E-state index in [0.717, 1.165) is 71.8 Å². The predicted octanol–water partition coefficient (Wildman–Crippen LogP) is 4.56. The first-order valence-electron chi connectivity index (χ1n) is 13.5. The molecular formula is C29H39N7O. The van der Waals surface area contributed by atoms with Crippen molar-refractivity contribution in [3.05, 3.63) is 53.5 Å². The Balaban J connectivity index is 1.46. The Hall–Kier alpha value is -3.26. The van der Waals surface area contributed by atoms with Gasteiger partial charge in [-0.25, -0.2) is 9.97 Å². The van der Waals surface area contributed by atoms with Gasteiger partial charge < -0.3 is 19.8 Å². The first-order chi connectivity index (χ1) is 17.8. The molecule has 0 spiro atoms. The van der Waals surface area contributed by atoms with Gasteiger partial charge in [-0.15, -0.1) is 0 Å². The predicted molar refractivity (Wildman–Crippen MR) is 149 cm³/mol. The summed E-state index contributed by atoms with van der Waals surface area (Å²) in [7, 11) is 0. The Kier molecular flexibility index (Phi) is 7.29. The zero-order valence-corrected chi connectivity index (χ0v) is 22.7. The van der Waals surface area contributed by atoms with Crippen LogP contribution in [-0.2, 0) is 6.61 Å². The number of hydrogen-bond donors (Lipinski definition) is 1. The number of nitrogens with zero attached hydrogens (tertiary/aromatic N) is 7. The molecule has 2 saturated heterocycles. The van der Waals surface area contributed by atoms with Crippen LogP contribution in [0, 0.1) is 6.92 Å². The number of aliphatic hydroxyl groups excluding tert-OH is 1. The highest BCUT2D eigenvalue weighted by molar-refractivity contribution is 5.66. The van der Waals surface area contributed by atoms with E-state index >= 15 is 0 Å². The third-order valence-electron chi connectivity index (χ3n) is 7.69. The fourth-order valence-corrected chi connectivity index (χ4v) is 5.53. The van der Waals surface area contributed by atoms with Crippen LogP contribution in [0.25, 0.3) is 11.3 Å². The van der Waals surface area contributed by atoms with Crippen molar-refractivity contribution in [2.75, 3.05) is 40.9 Å². The van der Waals surface area contributed by atoms with Crippen molar-refractivity contribution >= 4 is 17.6 Å². The Morgan fingerprint density at radius 3 is 2.51 bits per heavy atom. The van der Waals surface area contributed by atoms with Gasteiger partial charge in [-0.3, -0.25) is 4.98 Å². The summed E-state index contributed by atoms with van der Waals surface area (Å²) in [6.07, 6.45) is 6.02. The molecule has 2 aliphatic heterocycles. The first kappa shape index (κ1) is 25.4. The minimum Gasteiger partial charge on any atom is -0.392 e. The van der Waals surface area contributed by atoms with Gasteiger partial charge in [0.25, 0.3) is 0 Å². The normalized spacial score (nSPS) is 20.2. The zero-order chi connectivity index (χ0) is 26.1. The number of rotatable bonds is 6. The second-order valence-corrected chi connectivity index (χ2v) is 10.9. The van der Waals surface area contributed by atoms with E-state index in [1.54, 1.807) is 6.20 Å². The molecule has 0 aromatic carbocycles. The number of pyridine rings is 2. The number of aromatic nitrogens is 4. The number of anilines is 3. The van der Waals surface area contributed by atoms with Crippen molar-refractivity contribution < 1.29 is 5.11 Å². The number of aliphatic hydroxyl groups is 1. The van der Waals surface area contributed by atoms with Crippen molar-refractivity contribution in [2.45, 2.75) is 72.1 Å². The summed E-state index contributed by atoms with van der Waals surface area (Å²) in [6.45, 7) is 14.5. The summed E-state index contributed by atoms with van der Waals surface area (Å²) < 4.78 is 0. The third-order valence-corrected chi connectivity index (χ3v) is 7.69. The van der Waals surface area contributed by atoms with E-state index in [2.05, 4.69) is 77.5 Å². The molecule has 8 nitrogen and oxygen atoms in total. The number of piperazine rings is 1. The van der Waals surface area contributed by atoms with Gasteiger partial charge in [0.2, 0.25) is 5.95 Å². The van der Waals surface area contributed by atoms with Crippen molar-refractivity contribution in [3.63, 3.8) is 0 Å². The van der Waals surface area contributed by atoms with E-state index in [1.807, 2.05) is 12.3 Å². The lowest BCUT2D eigenvalue weighted by Gasteiger charge is -2.41. The molecule has 0 saturated carbocycles. The van der Waals surface area contributed by atoms with Crippen LogP contribution in [0.4, 0.5) is 17.6 Å². The molecule has 3 aromatic rings. The molecule has 5 rings (SSSR count). The molecule has 0 aliphatic carbocycles. The third kappa shape index (κ3) is 5.25. The van der Waals surface area contributed by atoms with Crippen LogP contribution in [0.5, 0.6) is 0 Å². The van der Waals surface area contributed by atoms with Crippen LogP contribution in [0.2, 0.25) is 0 Å². The zero-order valence-electron chi connectivity index (χ0n) is 22.7. The van der Waals surface area contributed by atoms with Crippen LogP contribution >= 0.6 is 0 Å². The second-order valence-electron chi connectivity index (χ2n) is 10.9. The molecule has 5 heterocycles. The van der Waals surface area contributed by atoms with E-state index < -0.39 is 0 Å². The van der Waals surface area contributed by atoms with Gasteiger partial charge in [0.1, 0.15) is 11.6 Å². The van der Waals surface area contributed by atoms with Gasteiger partial charge in [-0.05, 0) is 68.9 Å². The first-order valence-corrected chi connectivity index (χ1v) is 13.5. The minimum atomic E-state index is 0.0163. The van der Waals surface area contributed by atoms with Crippen molar-refractivity contribution in [1.82, 2.24) is 19.9 Å². The monoisotopic (exact) mass is 501 g/mol. The summed E-state index contributed by atoms with van der Waals surface area (Å²) in [4.78, 5) is 26.5. The average Bonchev–Trinajstić information content (AvgIpc) is 3.34. The van der Waals surface area contributed by atoms with Crippen LogP contribution in [0.1, 0.15) is 63.3 Å². The molecule has 2 unspecified atom stereocenters. The Bertz CT molecular complexity index is 1250. The fourth-order valence-electron chi connectivity index (χ4n) is 5.53. The van der Waals surface area contributed by atoms with E-state index in [1.165, 1.54) is 12.8 Å². The molecule has 2 fully saturated rings. The average molecular weight is 502 g/mol. The largest absolute Gasteiger partial charge is 0.392 e. The molecule has 0 amide bonds. The summed E-state index contributed by atoms with van der Waals surface area (Å²) in [5.74, 6) is 3.16. The van der Waals surface area contributed by atoms with Crippen LogP contribution in [-0.4, -0.2) is 63.3 Å². The maximum Gasteiger partial charge on any atom is 0.228 e. The molecule has 0 bridgehead atoms. The van der Waals surface area contributed by atoms with Crippen molar-refractivity contribution in [2.24, 2.45) is 0 Å². The second kappa shape index (κ2) is 10.6. The standard InChI is InChI=1S/C29H39N7O/c1-19(2)25-14-24(8-9-30-25)26-15-27(33-29(32-26)36-10-6-7-21(36)4)35-12-11-34(17-22(35)5)28-20(3)13-23(18-37)16-31-28/h8-9,13-16,19,21-22,37H,6-7,10-12,17-18H2,1-5H3. The van der Waals surface area contributed by atoms with Gasteiger partial charge in [-0.1, -0.05) is 13.8 Å². The van der Waals surface area contributed by atoms with E-state index in [-0.39, 0.29) is 12.6 Å². The molecule has 2 atom stereocenters. The molecule has 37 heavy (non-hydrogen) atoms. The Morgan fingerprint density at radius 1 is 1.00 bits per heavy atom. The quantitative estimate of drug-likeness (QED) is 0.526. The van der Waals surface area contributed by atoms with Crippen molar-refractivity contribution in [3.8, 4) is 11.3 Å². The molecule has 3 aromatic heterocycles. The molecule has 8 heteroatoms. The molecule has 0 radical (unpaired) electrons. The lowest BCUT2D eigenvalue weighted by atomic mass is 10.1. The molecule has 1 N–H and O–H groups in total. The molecule has 2 aliphatic rings. The maximum atomic E-state index is 9.45. The summed E-state index contributed by atoms with van der Waals surface area (Å²) in [5.41, 5.74) is 5.06. The lowest BCUT2D eigenvalue weighted by Crippen LogP contribution is -2.53. The van der Waals surface area contributed by atoms with Gasteiger partial charge in [-0.2, -0.15) is 4.98 Å². The van der Waals surface area contributed by atoms with E-state index in [4.69, 9.17) is 9.97 Å². The van der Waals surface area contributed by atoms with E-state index in [9.17, 15) is 5.11 Å². The van der Waals surface area contributed by atoms with Gasteiger partial charge in [0, 0.05) is 68.0 Å². The van der Waals surface area contributed by atoms with Crippen LogP contribution < -0.4 is 14.7 Å². The maximum absolute atomic E-state index is 9.45. The van der Waals surface area contributed by atoms with Crippen LogP contribution in [0.3, 0.4) is 0 Å². The highest BCUT2D eigenvalue weighted by Gasteiger charge is 2.29. The highest BCUT2D eigenvalue weighted by Crippen LogP contribution is 2.32. The summed E-state index contributed by atoms with van der Waals surface area (Å²) in [5, 5.41) is 9.45. The number of hydrogen-bond acceptors (Lipinski definition) is 8. The summed E-state index contributed by atoms with van der Waals surface area (Å²) >= 11 is 0. The van der Waals surface area contributed by atoms with Crippen molar-refractivity contribution in [1.29, 1.82) is 0 Å². The lowest BCUT2D eigenvalue weighted by molar-refractivity contribution is 0.281. The minimum absolute atomic E-state index is 0.0163. The Morgan fingerprint density at radius 2 is 1.84 bits per heavy atom. The van der Waals surface area contributed by atoms with Gasteiger partial charge >= 0.3 is 0 Å². The Labute approximate surface area is 220 Å². The van der Waals surface area contributed by atoms with Gasteiger partial charge in [0.05, 0.1) is 12.3 Å². The SMILES string of the molecule is Cc1cc(CO)cnc1N1CCN(c2cc(-c3ccnc(C(C)C)c3)nc(N3CCCC3C)n2)C(C)C1. The topological polar surface area (TPSA) is 81.5 Å². The smallest absolute Gasteiger partial charge is 0.228 e.